The summed E-state index contributed by atoms with van der Waals surface area (Å²) in [6.07, 6.45) is 6.44. The van der Waals surface area contributed by atoms with Crippen molar-refractivity contribution in [1.29, 1.82) is 0 Å². The Bertz CT molecular complexity index is 963. The first-order valence-corrected chi connectivity index (χ1v) is 10.5. The van der Waals surface area contributed by atoms with E-state index < -0.39 is 0 Å². The van der Waals surface area contributed by atoms with Crippen LogP contribution in [0.5, 0.6) is 0 Å². The highest BCUT2D eigenvalue weighted by atomic mass is 32.2. The molecule has 1 aliphatic heterocycles. The molecule has 2 heterocycles. The third-order valence-corrected chi connectivity index (χ3v) is 6.50. The van der Waals surface area contributed by atoms with Crippen molar-refractivity contribution >= 4 is 23.4 Å². The summed E-state index contributed by atoms with van der Waals surface area (Å²) in [5, 5.41) is 0.578. The van der Waals surface area contributed by atoms with Crippen molar-refractivity contribution in [1.82, 2.24) is 9.97 Å². The van der Waals surface area contributed by atoms with Crippen molar-refractivity contribution in [3.63, 3.8) is 0 Å². The maximum atomic E-state index is 4.73. The Labute approximate surface area is 164 Å². The van der Waals surface area contributed by atoms with Crippen molar-refractivity contribution in [2.75, 3.05) is 11.4 Å². The molecule has 0 bridgehead atoms. The van der Waals surface area contributed by atoms with Crippen molar-refractivity contribution in [3.05, 3.63) is 66.5 Å². The zero-order chi connectivity index (χ0) is 18.4. The van der Waals surface area contributed by atoms with E-state index in [-0.39, 0.29) is 0 Å². The zero-order valence-electron chi connectivity index (χ0n) is 15.7. The average molecular weight is 374 g/mol. The molecule has 0 radical (unpaired) electrons. The van der Waals surface area contributed by atoms with Gasteiger partial charge in [0.25, 0.3) is 0 Å². The van der Waals surface area contributed by atoms with Crippen LogP contribution in [0, 0.1) is 0 Å². The van der Waals surface area contributed by atoms with Crippen LogP contribution in [0.3, 0.4) is 0 Å². The molecular formula is C23H23N3S. The molecular weight excluding hydrogens is 350 g/mol. The van der Waals surface area contributed by atoms with Crippen molar-refractivity contribution in [2.45, 2.75) is 42.2 Å². The molecule has 0 saturated heterocycles. The van der Waals surface area contributed by atoms with Crippen LogP contribution in [0.1, 0.15) is 32.3 Å². The van der Waals surface area contributed by atoms with Crippen LogP contribution in [0.4, 0.5) is 11.6 Å². The third kappa shape index (κ3) is 3.02. The fraction of sp³-hybridized carbons (Fsp3) is 0.304. The predicted molar refractivity (Wildman–Crippen MR) is 113 cm³/mol. The van der Waals surface area contributed by atoms with Gasteiger partial charge in [0.2, 0.25) is 5.95 Å². The van der Waals surface area contributed by atoms with Crippen LogP contribution in [-0.2, 0) is 5.41 Å². The molecule has 3 nitrogen and oxygen atoms in total. The number of aromatic nitrogens is 2. The van der Waals surface area contributed by atoms with Gasteiger partial charge in [-0.05, 0) is 36.1 Å². The topological polar surface area (TPSA) is 29.0 Å². The number of anilines is 2. The largest absolute Gasteiger partial charge is 0.309 e. The third-order valence-electron chi connectivity index (χ3n) is 5.50. The highest BCUT2D eigenvalue weighted by molar-refractivity contribution is 7.99. The van der Waals surface area contributed by atoms with Gasteiger partial charge >= 0.3 is 0 Å². The predicted octanol–water partition coefficient (Wildman–Crippen LogP) is 5.83. The fourth-order valence-corrected chi connectivity index (χ4v) is 4.87. The van der Waals surface area contributed by atoms with Gasteiger partial charge in [-0.1, -0.05) is 50.2 Å². The normalized spacial score (nSPS) is 16.8. The average Bonchev–Trinajstić information content (AvgIpc) is 3.40. The van der Waals surface area contributed by atoms with Gasteiger partial charge in [0.05, 0.1) is 0 Å². The second kappa shape index (κ2) is 6.38. The van der Waals surface area contributed by atoms with E-state index >= 15 is 0 Å². The van der Waals surface area contributed by atoms with Gasteiger partial charge in [0.15, 0.2) is 0 Å². The van der Waals surface area contributed by atoms with Gasteiger partial charge in [-0.3, -0.25) is 0 Å². The monoisotopic (exact) mass is 373 g/mol. The molecule has 136 valence electrons. The van der Waals surface area contributed by atoms with E-state index in [9.17, 15) is 0 Å². The number of benzene rings is 2. The molecule has 1 aliphatic carbocycles. The van der Waals surface area contributed by atoms with Crippen LogP contribution in [0.2, 0.25) is 0 Å². The summed E-state index contributed by atoms with van der Waals surface area (Å²) < 4.78 is 0. The molecule has 1 aromatic heterocycles. The van der Waals surface area contributed by atoms with Gasteiger partial charge < -0.3 is 4.90 Å². The highest BCUT2D eigenvalue weighted by Crippen LogP contribution is 2.58. The summed E-state index contributed by atoms with van der Waals surface area (Å²) in [6.45, 7) is 5.48. The van der Waals surface area contributed by atoms with Crippen LogP contribution in [0.25, 0.3) is 11.1 Å². The first kappa shape index (κ1) is 16.8. The second-order valence-electron chi connectivity index (χ2n) is 7.85. The first-order chi connectivity index (χ1) is 13.1. The maximum absolute atomic E-state index is 4.73. The lowest BCUT2D eigenvalue weighted by molar-refractivity contribution is 0.735. The number of thioether (sulfide) groups is 1. The first-order valence-electron chi connectivity index (χ1n) is 9.61. The molecule has 1 fully saturated rings. The summed E-state index contributed by atoms with van der Waals surface area (Å²) in [6, 6.07) is 17.3. The minimum absolute atomic E-state index is 0.331. The lowest BCUT2D eigenvalue weighted by Crippen LogP contribution is -2.21. The molecule has 1 spiro atoms. The lowest BCUT2D eigenvalue weighted by atomic mass is 9.99. The Morgan fingerprint density at radius 2 is 1.70 bits per heavy atom. The van der Waals surface area contributed by atoms with E-state index in [1.165, 1.54) is 29.0 Å². The Balaban J connectivity index is 1.50. The Kier molecular flexibility index (Phi) is 3.97. The van der Waals surface area contributed by atoms with Gasteiger partial charge in [-0.15, -0.1) is 11.8 Å². The second-order valence-corrected chi connectivity index (χ2v) is 9.50. The summed E-state index contributed by atoms with van der Waals surface area (Å²) in [4.78, 5) is 13.1. The molecule has 0 unspecified atom stereocenters. The van der Waals surface area contributed by atoms with Crippen molar-refractivity contribution in [3.8, 4) is 11.1 Å². The lowest BCUT2D eigenvalue weighted by Gasteiger charge is -2.18. The SMILES string of the molecule is CC(C)Sc1ccc2c(c1)N(c1ncc(-c3ccccc3)cn1)CC21CC1. The number of nitrogens with zero attached hydrogens (tertiary/aromatic N) is 3. The molecule has 0 N–H and O–H groups in total. The highest BCUT2D eigenvalue weighted by Gasteiger charge is 2.52. The van der Waals surface area contributed by atoms with E-state index in [1.54, 1.807) is 0 Å². The number of rotatable bonds is 4. The summed E-state index contributed by atoms with van der Waals surface area (Å²) in [5.41, 5.74) is 5.32. The molecule has 4 heteroatoms. The molecule has 0 atom stereocenters. The van der Waals surface area contributed by atoms with Crippen LogP contribution < -0.4 is 4.90 Å². The number of hydrogen-bond acceptors (Lipinski definition) is 4. The summed E-state index contributed by atoms with van der Waals surface area (Å²) >= 11 is 1.91. The molecule has 1 saturated carbocycles. The van der Waals surface area contributed by atoms with E-state index in [0.29, 0.717) is 10.7 Å². The van der Waals surface area contributed by atoms with Gasteiger partial charge in [0.1, 0.15) is 0 Å². The number of hydrogen-bond donors (Lipinski definition) is 0. The van der Waals surface area contributed by atoms with Gasteiger partial charge in [-0.25, -0.2) is 9.97 Å². The summed E-state index contributed by atoms with van der Waals surface area (Å²) in [5.74, 6) is 0.811. The Morgan fingerprint density at radius 1 is 0.963 bits per heavy atom. The van der Waals surface area contributed by atoms with E-state index in [4.69, 9.17) is 9.97 Å². The zero-order valence-corrected chi connectivity index (χ0v) is 16.5. The Morgan fingerprint density at radius 3 is 2.37 bits per heavy atom. The molecule has 2 aromatic carbocycles. The smallest absolute Gasteiger partial charge is 0.229 e. The van der Waals surface area contributed by atoms with E-state index in [0.717, 1.165) is 23.6 Å². The quantitative estimate of drug-likeness (QED) is 0.538. The molecule has 2 aliphatic rings. The van der Waals surface area contributed by atoms with Crippen LogP contribution >= 0.6 is 11.8 Å². The van der Waals surface area contributed by atoms with Crippen molar-refractivity contribution < 1.29 is 0 Å². The maximum Gasteiger partial charge on any atom is 0.229 e. The molecule has 5 rings (SSSR count). The van der Waals surface area contributed by atoms with Gasteiger partial charge in [-0.2, -0.15) is 0 Å². The minimum Gasteiger partial charge on any atom is -0.309 e. The molecule has 27 heavy (non-hydrogen) atoms. The summed E-state index contributed by atoms with van der Waals surface area (Å²) in [7, 11) is 0. The standard InChI is InChI=1S/C23H23N3S/c1-16(2)27-19-8-9-20-21(12-19)26(15-23(20)10-11-23)22-24-13-18(14-25-22)17-6-4-3-5-7-17/h3-9,12-14,16H,10-11,15H2,1-2H3. The Hall–Kier alpha value is -2.33. The minimum atomic E-state index is 0.331. The fourth-order valence-electron chi connectivity index (χ4n) is 4.00. The van der Waals surface area contributed by atoms with Crippen LogP contribution in [0.15, 0.2) is 65.8 Å². The van der Waals surface area contributed by atoms with Crippen molar-refractivity contribution in [2.24, 2.45) is 0 Å². The van der Waals surface area contributed by atoms with Crippen LogP contribution in [-0.4, -0.2) is 21.8 Å². The molecule has 0 amide bonds. The molecule has 3 aromatic rings. The van der Waals surface area contributed by atoms with E-state index in [1.807, 2.05) is 42.4 Å². The van der Waals surface area contributed by atoms with Gasteiger partial charge in [0, 0.05) is 45.7 Å². The van der Waals surface area contributed by atoms with E-state index in [2.05, 4.69) is 49.1 Å². The number of fused-ring (bicyclic) bond motifs is 2.